The molecule has 9 nitrogen and oxygen atoms in total. The van der Waals surface area contributed by atoms with Crippen LogP contribution in [0.5, 0.6) is 0 Å². The third-order valence-corrected chi connectivity index (χ3v) is 7.88. The standard InChI is InChI=1S/C26H24ClN7O2/c1-14(17-6-21(11-29-10-17)33-12-18-7-23(18)26(33)36)34-13-24(31-32-34)25(35)30-20-4-16(5-20)22-8-19(27)3-2-15(22)9-28/h2-3,6,8,10-11,13-14,16,18,20,23H,4-5,7,12H2,1H3,(H,30,35)/t14-,16?,18+,20?,23+/m0/s1. The van der Waals surface area contributed by atoms with Gasteiger partial charge in [0, 0.05) is 29.7 Å². The largest absolute Gasteiger partial charge is 0.348 e. The number of carbonyl (C=O) groups is 2. The number of benzene rings is 1. The lowest BCUT2D eigenvalue weighted by Gasteiger charge is -2.36. The zero-order valence-corrected chi connectivity index (χ0v) is 20.4. The molecule has 3 fully saturated rings. The molecule has 2 amide bonds. The van der Waals surface area contributed by atoms with Crippen molar-refractivity contribution in [2.45, 2.75) is 44.2 Å². The van der Waals surface area contributed by atoms with Crippen LogP contribution in [-0.2, 0) is 4.79 Å². The third kappa shape index (κ3) is 4.01. The molecular weight excluding hydrogens is 478 g/mol. The molecule has 36 heavy (non-hydrogen) atoms. The highest BCUT2D eigenvalue weighted by molar-refractivity contribution is 6.30. The van der Waals surface area contributed by atoms with Gasteiger partial charge in [0.25, 0.3) is 5.91 Å². The number of carbonyl (C=O) groups excluding carboxylic acids is 2. The number of aromatic nitrogens is 4. The van der Waals surface area contributed by atoms with Gasteiger partial charge in [0.05, 0.1) is 35.8 Å². The number of anilines is 1. The molecule has 1 aliphatic heterocycles. The molecule has 1 aromatic carbocycles. The van der Waals surface area contributed by atoms with Crippen molar-refractivity contribution in [2.75, 3.05) is 11.4 Å². The second-order valence-corrected chi connectivity index (χ2v) is 10.4. The first kappa shape index (κ1) is 22.7. The topological polar surface area (TPSA) is 117 Å². The zero-order chi connectivity index (χ0) is 25.0. The number of halogens is 1. The van der Waals surface area contributed by atoms with Gasteiger partial charge < -0.3 is 10.2 Å². The minimum atomic E-state index is -0.280. The summed E-state index contributed by atoms with van der Waals surface area (Å²) in [5.74, 6) is 0.764. The minimum Gasteiger partial charge on any atom is -0.348 e. The molecular formula is C26H24ClN7O2. The van der Waals surface area contributed by atoms with Gasteiger partial charge in [-0.2, -0.15) is 5.26 Å². The maximum absolute atomic E-state index is 12.8. The van der Waals surface area contributed by atoms with E-state index in [9.17, 15) is 14.9 Å². The first-order chi connectivity index (χ1) is 17.4. The molecule has 182 valence electrons. The summed E-state index contributed by atoms with van der Waals surface area (Å²) < 4.78 is 1.63. The molecule has 3 atom stereocenters. The minimum absolute atomic E-state index is 0.000638. The van der Waals surface area contributed by atoms with Crippen molar-refractivity contribution in [3.05, 3.63) is 70.3 Å². The average molecular weight is 502 g/mol. The number of pyridine rings is 1. The Kier molecular flexibility index (Phi) is 5.49. The molecule has 3 heterocycles. The molecule has 0 spiro atoms. The number of piperidine rings is 1. The highest BCUT2D eigenvalue weighted by atomic mass is 35.5. The van der Waals surface area contributed by atoms with Gasteiger partial charge in [0.1, 0.15) is 0 Å². The van der Waals surface area contributed by atoms with Crippen molar-refractivity contribution in [1.82, 2.24) is 25.3 Å². The average Bonchev–Trinajstić information content (AvgIpc) is 3.32. The first-order valence-electron chi connectivity index (χ1n) is 12.1. The molecule has 1 saturated heterocycles. The van der Waals surface area contributed by atoms with Crippen LogP contribution >= 0.6 is 11.6 Å². The van der Waals surface area contributed by atoms with Crippen molar-refractivity contribution < 1.29 is 9.59 Å². The van der Waals surface area contributed by atoms with Crippen LogP contribution in [0.1, 0.15) is 65.3 Å². The van der Waals surface area contributed by atoms with Crippen molar-refractivity contribution >= 4 is 29.1 Å². The molecule has 3 aromatic rings. The maximum atomic E-state index is 12.8. The van der Waals surface area contributed by atoms with E-state index in [0.29, 0.717) is 16.5 Å². The summed E-state index contributed by atoms with van der Waals surface area (Å²) in [6, 6.07) is 9.25. The smallest absolute Gasteiger partial charge is 0.273 e. The van der Waals surface area contributed by atoms with Crippen molar-refractivity contribution in [3.8, 4) is 6.07 Å². The van der Waals surface area contributed by atoms with Crippen molar-refractivity contribution in [1.29, 1.82) is 5.26 Å². The molecule has 2 aromatic heterocycles. The van der Waals surface area contributed by atoms with Crippen molar-refractivity contribution in [3.63, 3.8) is 0 Å². The van der Waals surface area contributed by atoms with Crippen LogP contribution in [-0.4, -0.2) is 44.4 Å². The van der Waals surface area contributed by atoms with E-state index in [1.54, 1.807) is 35.4 Å². The van der Waals surface area contributed by atoms with Crippen molar-refractivity contribution in [2.24, 2.45) is 11.8 Å². The Balaban J connectivity index is 1.08. The fraction of sp³-hybridized carbons (Fsp3) is 0.385. The summed E-state index contributed by atoms with van der Waals surface area (Å²) in [6.45, 7) is 2.71. The summed E-state index contributed by atoms with van der Waals surface area (Å²) in [7, 11) is 0. The van der Waals surface area contributed by atoms with Gasteiger partial charge in [-0.25, -0.2) is 4.68 Å². The second kappa shape index (κ2) is 8.71. The van der Waals surface area contributed by atoms with Gasteiger partial charge >= 0.3 is 0 Å². The summed E-state index contributed by atoms with van der Waals surface area (Å²) in [5.41, 5.74) is 3.47. The van der Waals surface area contributed by atoms with E-state index in [4.69, 9.17) is 11.6 Å². The molecule has 3 aliphatic rings. The number of rotatable bonds is 6. The molecule has 2 saturated carbocycles. The summed E-state index contributed by atoms with van der Waals surface area (Å²) >= 11 is 6.11. The lowest BCUT2D eigenvalue weighted by atomic mass is 9.74. The molecule has 2 aliphatic carbocycles. The third-order valence-electron chi connectivity index (χ3n) is 7.65. The molecule has 0 radical (unpaired) electrons. The highest BCUT2D eigenvalue weighted by Crippen LogP contribution is 2.47. The Morgan fingerprint density at radius 1 is 1.25 bits per heavy atom. The van der Waals surface area contributed by atoms with Crippen LogP contribution in [0.25, 0.3) is 0 Å². The number of nitrogens with one attached hydrogen (secondary N) is 1. The van der Waals surface area contributed by atoms with Crippen LogP contribution in [0.2, 0.25) is 5.02 Å². The van der Waals surface area contributed by atoms with Crippen LogP contribution < -0.4 is 10.2 Å². The Labute approximate surface area is 213 Å². The van der Waals surface area contributed by atoms with Gasteiger partial charge in [-0.3, -0.25) is 14.6 Å². The number of hydrogen-bond donors (Lipinski definition) is 1. The zero-order valence-electron chi connectivity index (χ0n) is 19.6. The second-order valence-electron chi connectivity index (χ2n) is 9.97. The van der Waals surface area contributed by atoms with Crippen LogP contribution in [0.3, 0.4) is 0 Å². The Morgan fingerprint density at radius 3 is 2.83 bits per heavy atom. The molecule has 10 heteroatoms. The lowest BCUT2D eigenvalue weighted by molar-refractivity contribution is -0.118. The quantitative estimate of drug-likeness (QED) is 0.552. The molecule has 1 N–H and O–H groups in total. The first-order valence-corrected chi connectivity index (χ1v) is 12.5. The predicted molar refractivity (Wildman–Crippen MR) is 131 cm³/mol. The number of nitrogens with zero attached hydrogens (tertiary/aromatic N) is 6. The monoisotopic (exact) mass is 501 g/mol. The van der Waals surface area contributed by atoms with Crippen LogP contribution in [0.15, 0.2) is 42.9 Å². The van der Waals surface area contributed by atoms with E-state index >= 15 is 0 Å². The summed E-state index contributed by atoms with van der Waals surface area (Å²) in [4.78, 5) is 31.4. The molecule has 6 rings (SSSR count). The van der Waals surface area contributed by atoms with Gasteiger partial charge in [0.15, 0.2) is 5.69 Å². The summed E-state index contributed by atoms with van der Waals surface area (Å²) in [5, 5.41) is 21.2. The van der Waals surface area contributed by atoms with Gasteiger partial charge in [0.2, 0.25) is 5.91 Å². The van der Waals surface area contributed by atoms with Crippen LogP contribution in [0, 0.1) is 23.2 Å². The normalized spacial score (nSPS) is 25.0. The Hall–Kier alpha value is -3.77. The van der Waals surface area contributed by atoms with E-state index < -0.39 is 0 Å². The van der Waals surface area contributed by atoms with E-state index in [2.05, 4.69) is 26.7 Å². The van der Waals surface area contributed by atoms with Gasteiger partial charge in [-0.1, -0.05) is 16.8 Å². The number of hydrogen-bond acceptors (Lipinski definition) is 6. The van der Waals surface area contributed by atoms with Gasteiger partial charge in [-0.15, -0.1) is 5.10 Å². The molecule has 0 bridgehead atoms. The van der Waals surface area contributed by atoms with E-state index in [1.807, 2.05) is 24.0 Å². The van der Waals surface area contributed by atoms with Crippen LogP contribution in [0.4, 0.5) is 5.69 Å². The van der Waals surface area contributed by atoms with E-state index in [1.165, 1.54) is 0 Å². The fourth-order valence-corrected chi connectivity index (χ4v) is 5.46. The Bertz CT molecular complexity index is 1410. The maximum Gasteiger partial charge on any atom is 0.273 e. The molecule has 0 unspecified atom stereocenters. The number of fused-ring (bicyclic) bond motifs is 1. The number of amides is 2. The van der Waals surface area contributed by atoms with E-state index in [-0.39, 0.29) is 41.4 Å². The van der Waals surface area contributed by atoms with Gasteiger partial charge in [-0.05, 0) is 73.4 Å². The fourth-order valence-electron chi connectivity index (χ4n) is 5.28. The lowest BCUT2D eigenvalue weighted by Crippen LogP contribution is -2.43. The number of nitriles is 1. The SMILES string of the molecule is C[C@@H](c1cncc(N2C[C@H]3C[C@H]3C2=O)c1)n1cc(C(=O)NC2CC(c3cc(Cl)ccc3C#N)C2)nn1. The Morgan fingerprint density at radius 2 is 2.08 bits per heavy atom. The summed E-state index contributed by atoms with van der Waals surface area (Å²) in [6.07, 6.45) is 7.57. The highest BCUT2D eigenvalue weighted by Gasteiger charge is 2.52. The van der Waals surface area contributed by atoms with E-state index in [0.717, 1.165) is 42.6 Å². The predicted octanol–water partition coefficient (Wildman–Crippen LogP) is 3.47.